The number of hydrogen-bond acceptors (Lipinski definition) is 4. The third-order valence-corrected chi connectivity index (χ3v) is 2.82. The Kier molecular flexibility index (Phi) is 3.51. The molecule has 1 amide bonds. The van der Waals surface area contributed by atoms with Gasteiger partial charge in [-0.25, -0.2) is 14.4 Å². The van der Waals surface area contributed by atoms with Gasteiger partial charge in [-0.2, -0.15) is 0 Å². The van der Waals surface area contributed by atoms with Crippen LogP contribution >= 0.6 is 0 Å². The van der Waals surface area contributed by atoms with Crippen LogP contribution in [-0.2, 0) is 4.79 Å². The predicted molar refractivity (Wildman–Crippen MR) is 61.1 cm³/mol. The number of likely N-dealkylation sites (N-methyl/N-ethyl adjacent to an activating group) is 1. The lowest BCUT2D eigenvalue weighted by atomic mass is 10.4. The van der Waals surface area contributed by atoms with Crippen LogP contribution in [0, 0.1) is 5.82 Å². The molecule has 0 radical (unpaired) electrons. The van der Waals surface area contributed by atoms with E-state index in [1.165, 1.54) is 0 Å². The molecule has 1 aliphatic rings. The van der Waals surface area contributed by atoms with Gasteiger partial charge in [0, 0.05) is 33.1 Å². The number of likely N-dealkylation sites (tertiary alicyclic amines) is 1. The van der Waals surface area contributed by atoms with E-state index in [0.717, 1.165) is 25.4 Å². The minimum Gasteiger partial charge on any atom is -0.342 e. The molecule has 0 aliphatic carbocycles. The Hall–Kier alpha value is -1.72. The van der Waals surface area contributed by atoms with Crippen molar-refractivity contribution in [2.75, 3.05) is 31.6 Å². The highest BCUT2D eigenvalue weighted by Gasteiger charge is 2.20. The summed E-state index contributed by atoms with van der Waals surface area (Å²) in [4.78, 5) is 22.8. The standard InChI is InChI=1S/C11H15FN4O/c1-15(11-13-7-9(12)8-14-11)5-6-16-4-2-3-10(16)17/h7-8H,2-6H2,1H3. The topological polar surface area (TPSA) is 49.3 Å². The molecule has 1 aromatic rings. The summed E-state index contributed by atoms with van der Waals surface area (Å²) in [6, 6.07) is 0. The molecule has 1 aromatic heterocycles. The number of halogens is 1. The normalized spacial score (nSPS) is 15.4. The highest BCUT2D eigenvalue weighted by atomic mass is 19.1. The van der Waals surface area contributed by atoms with Gasteiger partial charge in [-0.3, -0.25) is 4.79 Å². The molecule has 0 N–H and O–H groups in total. The number of carbonyl (C=O) groups excluding carboxylic acids is 1. The van der Waals surface area contributed by atoms with Gasteiger partial charge >= 0.3 is 0 Å². The summed E-state index contributed by atoms with van der Waals surface area (Å²) in [6.07, 6.45) is 3.87. The van der Waals surface area contributed by atoms with Crippen LogP contribution in [0.5, 0.6) is 0 Å². The Bertz CT molecular complexity index is 395. The lowest BCUT2D eigenvalue weighted by Gasteiger charge is -2.21. The number of aromatic nitrogens is 2. The minimum absolute atomic E-state index is 0.207. The number of hydrogen-bond donors (Lipinski definition) is 0. The first kappa shape index (κ1) is 11.8. The molecule has 0 spiro atoms. The summed E-state index contributed by atoms with van der Waals surface area (Å²) in [5.74, 6) is 0.230. The van der Waals surface area contributed by atoms with E-state index in [2.05, 4.69) is 9.97 Å². The monoisotopic (exact) mass is 238 g/mol. The maximum Gasteiger partial charge on any atom is 0.225 e. The fraction of sp³-hybridized carbons (Fsp3) is 0.545. The van der Waals surface area contributed by atoms with Crippen LogP contribution < -0.4 is 4.90 Å². The second kappa shape index (κ2) is 5.07. The average Bonchev–Trinajstić information content (AvgIpc) is 2.73. The summed E-state index contributed by atoms with van der Waals surface area (Å²) in [5, 5.41) is 0. The molecule has 2 heterocycles. The van der Waals surface area contributed by atoms with Crippen molar-refractivity contribution in [3.8, 4) is 0 Å². The van der Waals surface area contributed by atoms with Crippen LogP contribution in [0.2, 0.25) is 0 Å². The van der Waals surface area contributed by atoms with Crippen LogP contribution in [0.4, 0.5) is 10.3 Å². The van der Waals surface area contributed by atoms with E-state index in [4.69, 9.17) is 0 Å². The van der Waals surface area contributed by atoms with Gasteiger partial charge in [-0.1, -0.05) is 0 Å². The molecule has 0 bridgehead atoms. The maximum atomic E-state index is 12.6. The van der Waals surface area contributed by atoms with Crippen molar-refractivity contribution in [3.05, 3.63) is 18.2 Å². The summed E-state index contributed by atoms with van der Waals surface area (Å²) < 4.78 is 12.6. The molecular weight excluding hydrogens is 223 g/mol. The van der Waals surface area contributed by atoms with Gasteiger partial charge in [0.1, 0.15) is 0 Å². The van der Waals surface area contributed by atoms with Gasteiger partial charge in [-0.15, -0.1) is 0 Å². The van der Waals surface area contributed by atoms with Crippen molar-refractivity contribution in [2.24, 2.45) is 0 Å². The van der Waals surface area contributed by atoms with Crippen molar-refractivity contribution in [3.63, 3.8) is 0 Å². The fourth-order valence-corrected chi connectivity index (χ4v) is 1.81. The molecule has 0 unspecified atom stereocenters. The summed E-state index contributed by atoms with van der Waals surface area (Å²) in [7, 11) is 1.83. The van der Waals surface area contributed by atoms with Crippen molar-refractivity contribution >= 4 is 11.9 Å². The smallest absolute Gasteiger partial charge is 0.225 e. The average molecular weight is 238 g/mol. The van der Waals surface area contributed by atoms with E-state index in [1.54, 1.807) is 0 Å². The molecule has 17 heavy (non-hydrogen) atoms. The van der Waals surface area contributed by atoms with Crippen molar-refractivity contribution in [2.45, 2.75) is 12.8 Å². The van der Waals surface area contributed by atoms with Crippen LogP contribution in [-0.4, -0.2) is 47.5 Å². The van der Waals surface area contributed by atoms with Crippen molar-refractivity contribution in [1.29, 1.82) is 0 Å². The Morgan fingerprint density at radius 1 is 1.47 bits per heavy atom. The molecule has 92 valence electrons. The third-order valence-electron chi connectivity index (χ3n) is 2.82. The third kappa shape index (κ3) is 2.89. The summed E-state index contributed by atoms with van der Waals surface area (Å²) >= 11 is 0. The first-order valence-electron chi connectivity index (χ1n) is 5.63. The predicted octanol–water partition coefficient (Wildman–Crippen LogP) is 0.674. The Morgan fingerprint density at radius 2 is 2.18 bits per heavy atom. The largest absolute Gasteiger partial charge is 0.342 e. The highest BCUT2D eigenvalue weighted by molar-refractivity contribution is 5.78. The summed E-state index contributed by atoms with van der Waals surface area (Å²) in [5.41, 5.74) is 0. The molecule has 0 saturated carbocycles. The number of anilines is 1. The van der Waals surface area contributed by atoms with Gasteiger partial charge in [-0.05, 0) is 6.42 Å². The second-order valence-corrected chi connectivity index (χ2v) is 4.11. The van der Waals surface area contributed by atoms with E-state index in [0.29, 0.717) is 25.5 Å². The lowest BCUT2D eigenvalue weighted by Crippen LogP contribution is -2.34. The molecule has 0 atom stereocenters. The zero-order chi connectivity index (χ0) is 12.3. The van der Waals surface area contributed by atoms with Crippen LogP contribution in [0.3, 0.4) is 0 Å². The lowest BCUT2D eigenvalue weighted by molar-refractivity contribution is -0.127. The van der Waals surface area contributed by atoms with Crippen LogP contribution in [0.25, 0.3) is 0 Å². The van der Waals surface area contributed by atoms with Gasteiger partial charge in [0.15, 0.2) is 5.82 Å². The molecule has 0 aromatic carbocycles. The highest BCUT2D eigenvalue weighted by Crippen LogP contribution is 2.10. The van der Waals surface area contributed by atoms with E-state index in [-0.39, 0.29) is 5.91 Å². The Labute approximate surface area is 99.3 Å². The number of amides is 1. The van der Waals surface area contributed by atoms with E-state index in [9.17, 15) is 9.18 Å². The van der Waals surface area contributed by atoms with E-state index < -0.39 is 5.82 Å². The molecule has 2 rings (SSSR count). The zero-order valence-corrected chi connectivity index (χ0v) is 9.77. The number of rotatable bonds is 4. The molecular formula is C11H15FN4O. The van der Waals surface area contributed by atoms with Gasteiger partial charge in [0.2, 0.25) is 11.9 Å². The first-order valence-corrected chi connectivity index (χ1v) is 5.63. The molecule has 1 fully saturated rings. The van der Waals surface area contributed by atoms with E-state index in [1.807, 2.05) is 16.8 Å². The van der Waals surface area contributed by atoms with Crippen LogP contribution in [0.1, 0.15) is 12.8 Å². The van der Waals surface area contributed by atoms with Crippen LogP contribution in [0.15, 0.2) is 12.4 Å². The van der Waals surface area contributed by atoms with Gasteiger partial charge < -0.3 is 9.80 Å². The van der Waals surface area contributed by atoms with Gasteiger partial charge in [0.25, 0.3) is 0 Å². The fourth-order valence-electron chi connectivity index (χ4n) is 1.81. The van der Waals surface area contributed by atoms with Crippen molar-refractivity contribution in [1.82, 2.24) is 14.9 Å². The molecule has 6 heteroatoms. The second-order valence-electron chi connectivity index (χ2n) is 4.11. The SMILES string of the molecule is CN(CCN1CCCC1=O)c1ncc(F)cn1. The molecule has 1 aliphatic heterocycles. The Morgan fingerprint density at radius 3 is 2.76 bits per heavy atom. The quantitative estimate of drug-likeness (QED) is 0.773. The zero-order valence-electron chi connectivity index (χ0n) is 9.77. The minimum atomic E-state index is -0.447. The number of carbonyl (C=O) groups is 1. The number of nitrogens with zero attached hydrogens (tertiary/aromatic N) is 4. The summed E-state index contributed by atoms with van der Waals surface area (Å²) in [6.45, 7) is 2.14. The first-order chi connectivity index (χ1) is 8.16. The molecule has 5 nitrogen and oxygen atoms in total. The molecule has 1 saturated heterocycles. The van der Waals surface area contributed by atoms with Gasteiger partial charge in [0.05, 0.1) is 12.4 Å². The maximum absolute atomic E-state index is 12.6. The Balaban J connectivity index is 1.86. The van der Waals surface area contributed by atoms with Crippen molar-refractivity contribution < 1.29 is 9.18 Å². The van der Waals surface area contributed by atoms with E-state index >= 15 is 0 Å².